The van der Waals surface area contributed by atoms with Gasteiger partial charge in [0.15, 0.2) is 0 Å². The summed E-state index contributed by atoms with van der Waals surface area (Å²) in [5.41, 5.74) is 1.57. The van der Waals surface area contributed by atoms with Crippen LogP contribution >= 0.6 is 33.9 Å². The van der Waals surface area contributed by atoms with E-state index in [9.17, 15) is 14.7 Å². The molecule has 2 rings (SSSR count). The van der Waals surface area contributed by atoms with Crippen molar-refractivity contribution in [2.24, 2.45) is 0 Å². The van der Waals surface area contributed by atoms with Gasteiger partial charge in [-0.25, -0.2) is 4.79 Å². The van der Waals surface area contributed by atoms with Crippen LogP contribution in [0.25, 0.3) is 0 Å². The van der Waals surface area contributed by atoms with Gasteiger partial charge in [-0.2, -0.15) is 0 Å². The number of hydrogen-bond acceptors (Lipinski definition) is 3. The summed E-state index contributed by atoms with van der Waals surface area (Å²) in [6.45, 7) is 0. The standard InChI is InChI=1S/C15H14INO3S/c16-13-8-11(9-21-13)14(18)17-12(15(19)20)7-6-10-4-2-1-3-5-10/h1-5,8-9,12H,6-7H2,(H,17,18)(H,19,20)/t12-/m0/s1. The first-order valence-corrected chi connectivity index (χ1v) is 8.33. The van der Waals surface area contributed by atoms with Crippen LogP contribution in [0.5, 0.6) is 0 Å². The molecule has 0 unspecified atom stereocenters. The van der Waals surface area contributed by atoms with Crippen molar-refractivity contribution in [3.63, 3.8) is 0 Å². The topological polar surface area (TPSA) is 66.4 Å². The molecule has 1 aromatic heterocycles. The molecule has 1 heterocycles. The second-order valence-electron chi connectivity index (χ2n) is 4.53. The van der Waals surface area contributed by atoms with E-state index in [1.165, 1.54) is 11.3 Å². The molecule has 1 amide bonds. The number of benzene rings is 1. The summed E-state index contributed by atoms with van der Waals surface area (Å²) in [7, 11) is 0. The van der Waals surface area contributed by atoms with Crippen LogP contribution in [-0.4, -0.2) is 23.0 Å². The molecule has 0 saturated carbocycles. The van der Waals surface area contributed by atoms with Gasteiger partial charge in [-0.1, -0.05) is 30.3 Å². The Morgan fingerprint density at radius 2 is 2.00 bits per heavy atom. The minimum Gasteiger partial charge on any atom is -0.480 e. The number of hydrogen-bond donors (Lipinski definition) is 2. The summed E-state index contributed by atoms with van der Waals surface area (Å²) in [5.74, 6) is -1.35. The molecule has 21 heavy (non-hydrogen) atoms. The molecule has 0 bridgehead atoms. The van der Waals surface area contributed by atoms with E-state index in [-0.39, 0.29) is 5.91 Å². The third kappa shape index (κ3) is 4.82. The fourth-order valence-electron chi connectivity index (χ4n) is 1.88. The van der Waals surface area contributed by atoms with E-state index in [2.05, 4.69) is 27.9 Å². The van der Waals surface area contributed by atoms with Crippen LogP contribution < -0.4 is 5.32 Å². The number of halogens is 1. The smallest absolute Gasteiger partial charge is 0.326 e. The molecular weight excluding hydrogens is 401 g/mol. The van der Waals surface area contributed by atoms with Crippen molar-refractivity contribution in [3.05, 3.63) is 55.8 Å². The highest BCUT2D eigenvalue weighted by molar-refractivity contribution is 14.1. The molecule has 4 nitrogen and oxygen atoms in total. The molecule has 110 valence electrons. The molecule has 0 aliphatic heterocycles. The second-order valence-corrected chi connectivity index (χ2v) is 7.33. The summed E-state index contributed by atoms with van der Waals surface area (Å²) in [6.07, 6.45) is 0.978. The van der Waals surface area contributed by atoms with Crippen LogP contribution in [-0.2, 0) is 11.2 Å². The fraction of sp³-hybridized carbons (Fsp3) is 0.200. The molecule has 0 fully saturated rings. The number of carboxylic acid groups (broad SMARTS) is 1. The van der Waals surface area contributed by atoms with E-state index >= 15 is 0 Å². The molecular formula is C15H14INO3S. The summed E-state index contributed by atoms with van der Waals surface area (Å²) >= 11 is 3.58. The monoisotopic (exact) mass is 415 g/mol. The van der Waals surface area contributed by atoms with Crippen LogP contribution in [0.3, 0.4) is 0 Å². The number of rotatable bonds is 6. The van der Waals surface area contributed by atoms with Gasteiger partial charge < -0.3 is 10.4 Å². The Kier molecular flexibility index (Phi) is 5.75. The minimum atomic E-state index is -1.01. The molecule has 1 aromatic carbocycles. The average Bonchev–Trinajstić information content (AvgIpc) is 2.90. The van der Waals surface area contributed by atoms with Crippen LogP contribution in [0.4, 0.5) is 0 Å². The van der Waals surface area contributed by atoms with Gasteiger partial charge in [-0.15, -0.1) is 11.3 Å². The van der Waals surface area contributed by atoms with Crippen LogP contribution in [0, 0.1) is 2.88 Å². The second kappa shape index (κ2) is 7.56. The van der Waals surface area contributed by atoms with Gasteiger partial charge in [0.05, 0.1) is 8.45 Å². The number of carbonyl (C=O) groups excluding carboxylic acids is 1. The first-order valence-electron chi connectivity index (χ1n) is 6.38. The Hall–Kier alpha value is -1.41. The van der Waals surface area contributed by atoms with Crippen molar-refractivity contribution in [3.8, 4) is 0 Å². The largest absolute Gasteiger partial charge is 0.480 e. The van der Waals surface area contributed by atoms with Gasteiger partial charge in [-0.05, 0) is 47.1 Å². The van der Waals surface area contributed by atoms with Gasteiger partial charge in [-0.3, -0.25) is 4.79 Å². The van der Waals surface area contributed by atoms with Crippen molar-refractivity contribution >= 4 is 45.8 Å². The maximum atomic E-state index is 12.0. The zero-order chi connectivity index (χ0) is 15.2. The Morgan fingerprint density at radius 1 is 1.29 bits per heavy atom. The first kappa shape index (κ1) is 16.0. The number of thiophene rings is 1. The van der Waals surface area contributed by atoms with Crippen molar-refractivity contribution in [2.45, 2.75) is 18.9 Å². The zero-order valence-corrected chi connectivity index (χ0v) is 14.1. The van der Waals surface area contributed by atoms with Gasteiger partial charge >= 0.3 is 5.97 Å². The van der Waals surface area contributed by atoms with Crippen LogP contribution in [0.2, 0.25) is 0 Å². The number of nitrogens with one attached hydrogen (secondary N) is 1. The molecule has 0 spiro atoms. The minimum absolute atomic E-state index is 0.338. The third-order valence-corrected chi connectivity index (χ3v) is 4.79. The Labute approximate surface area is 140 Å². The lowest BCUT2D eigenvalue weighted by molar-refractivity contribution is -0.139. The van der Waals surface area contributed by atoms with Crippen molar-refractivity contribution < 1.29 is 14.7 Å². The normalized spacial score (nSPS) is 11.9. The van der Waals surface area contributed by atoms with Crippen molar-refractivity contribution in [1.82, 2.24) is 5.32 Å². The van der Waals surface area contributed by atoms with E-state index in [1.54, 1.807) is 11.4 Å². The van der Waals surface area contributed by atoms with E-state index < -0.39 is 12.0 Å². The maximum absolute atomic E-state index is 12.0. The molecule has 0 saturated heterocycles. The van der Waals surface area contributed by atoms with Crippen molar-refractivity contribution in [1.29, 1.82) is 0 Å². The summed E-state index contributed by atoms with van der Waals surface area (Å²) in [6, 6.07) is 10.5. The fourth-order valence-corrected chi connectivity index (χ4v) is 3.21. The van der Waals surface area contributed by atoms with Gasteiger partial charge in [0, 0.05) is 5.38 Å². The highest BCUT2D eigenvalue weighted by Gasteiger charge is 2.21. The molecule has 1 atom stereocenters. The lowest BCUT2D eigenvalue weighted by Crippen LogP contribution is -2.41. The predicted octanol–water partition coefficient (Wildman–Crippen LogP) is 3.17. The van der Waals surface area contributed by atoms with Gasteiger partial charge in [0.1, 0.15) is 6.04 Å². The lowest BCUT2D eigenvalue weighted by Gasteiger charge is -2.14. The summed E-state index contributed by atoms with van der Waals surface area (Å²) < 4.78 is 0.994. The number of amides is 1. The molecule has 0 aliphatic carbocycles. The Balaban J connectivity index is 1.96. The Bertz CT molecular complexity index is 627. The van der Waals surface area contributed by atoms with Gasteiger partial charge in [0.2, 0.25) is 0 Å². The van der Waals surface area contributed by atoms with Gasteiger partial charge in [0.25, 0.3) is 5.91 Å². The predicted molar refractivity (Wildman–Crippen MR) is 90.7 cm³/mol. The Morgan fingerprint density at radius 3 is 2.57 bits per heavy atom. The molecule has 2 aromatic rings. The highest BCUT2D eigenvalue weighted by atomic mass is 127. The zero-order valence-electron chi connectivity index (χ0n) is 11.1. The molecule has 0 aliphatic rings. The number of carbonyl (C=O) groups is 2. The number of aliphatic carboxylic acids is 1. The molecule has 2 N–H and O–H groups in total. The SMILES string of the molecule is O=C(N[C@@H](CCc1ccccc1)C(=O)O)c1csc(I)c1. The van der Waals surface area contributed by atoms with E-state index in [1.807, 2.05) is 30.3 Å². The van der Waals surface area contributed by atoms with Crippen LogP contribution in [0.15, 0.2) is 41.8 Å². The first-order chi connectivity index (χ1) is 10.1. The average molecular weight is 415 g/mol. The van der Waals surface area contributed by atoms with Crippen LogP contribution in [0.1, 0.15) is 22.3 Å². The molecule has 6 heteroatoms. The quantitative estimate of drug-likeness (QED) is 0.713. The van der Waals surface area contributed by atoms with Crippen molar-refractivity contribution in [2.75, 3.05) is 0 Å². The maximum Gasteiger partial charge on any atom is 0.326 e. The lowest BCUT2D eigenvalue weighted by atomic mass is 10.1. The van der Waals surface area contributed by atoms with E-state index in [4.69, 9.17) is 0 Å². The summed E-state index contributed by atoms with van der Waals surface area (Å²) in [5, 5.41) is 13.5. The van der Waals surface area contributed by atoms with E-state index in [0.29, 0.717) is 18.4 Å². The summed E-state index contributed by atoms with van der Waals surface area (Å²) in [4.78, 5) is 23.3. The highest BCUT2D eigenvalue weighted by Crippen LogP contribution is 2.16. The van der Waals surface area contributed by atoms with E-state index in [0.717, 1.165) is 8.45 Å². The number of carboxylic acids is 1. The number of aryl methyl sites for hydroxylation is 1. The third-order valence-electron chi connectivity index (χ3n) is 3.00. The molecule has 0 radical (unpaired) electrons.